The molecule has 2 aromatic rings. The number of nitrogens with zero attached hydrogens (tertiary/aromatic N) is 2. The monoisotopic (exact) mass is 470 g/mol. The van der Waals surface area contributed by atoms with Gasteiger partial charge in [0.25, 0.3) is 0 Å². The standard InChI is InChI=1S/C26H34N2O6/c1-32-13-2-10-27-12-14-33-24-8-5-20(15-23(24)27)18-34-25-16-28(26(30)31)11-9-22(25)21-6-3-19(17-29)4-7-21/h3-8,15,22,25,29H,2,9-14,16-18H2,1H3,(H,30,31). The normalized spacial score (nSPS) is 20.1. The van der Waals surface area contributed by atoms with Crippen LogP contribution in [0.5, 0.6) is 5.75 Å². The van der Waals surface area contributed by atoms with Crippen LogP contribution in [0.15, 0.2) is 42.5 Å². The van der Waals surface area contributed by atoms with Gasteiger partial charge in [0.1, 0.15) is 12.4 Å². The van der Waals surface area contributed by atoms with Crippen LogP contribution in [0.4, 0.5) is 10.5 Å². The molecule has 4 rings (SSSR count). The third-order valence-corrected chi connectivity index (χ3v) is 6.64. The Balaban J connectivity index is 1.47. The summed E-state index contributed by atoms with van der Waals surface area (Å²) in [6.45, 7) is 4.33. The Hall–Kier alpha value is -2.81. The maximum absolute atomic E-state index is 11.6. The molecule has 1 saturated heterocycles. The average Bonchev–Trinajstić information content (AvgIpc) is 2.87. The number of carbonyl (C=O) groups is 1. The highest BCUT2D eigenvalue weighted by Crippen LogP contribution is 2.34. The Morgan fingerprint density at radius 1 is 1.15 bits per heavy atom. The first-order chi connectivity index (χ1) is 16.6. The number of methoxy groups -OCH3 is 1. The van der Waals surface area contributed by atoms with Crippen molar-refractivity contribution >= 4 is 11.8 Å². The summed E-state index contributed by atoms with van der Waals surface area (Å²) in [6, 6.07) is 14.0. The fourth-order valence-corrected chi connectivity index (χ4v) is 4.75. The molecule has 2 atom stereocenters. The number of aliphatic hydroxyl groups is 1. The molecule has 0 aliphatic carbocycles. The average molecular weight is 471 g/mol. The molecule has 184 valence electrons. The van der Waals surface area contributed by atoms with Gasteiger partial charge in [-0.2, -0.15) is 0 Å². The van der Waals surface area contributed by atoms with Crippen LogP contribution < -0.4 is 9.64 Å². The molecule has 0 aromatic heterocycles. The van der Waals surface area contributed by atoms with Crippen molar-refractivity contribution in [3.05, 3.63) is 59.2 Å². The highest BCUT2D eigenvalue weighted by molar-refractivity contribution is 5.65. The Bertz CT molecular complexity index is 951. The van der Waals surface area contributed by atoms with Crippen molar-refractivity contribution in [2.75, 3.05) is 51.4 Å². The van der Waals surface area contributed by atoms with Gasteiger partial charge in [0.05, 0.1) is 38.1 Å². The zero-order valence-corrected chi connectivity index (χ0v) is 19.7. The second kappa shape index (κ2) is 11.6. The van der Waals surface area contributed by atoms with E-state index in [1.54, 1.807) is 7.11 Å². The number of benzene rings is 2. The van der Waals surface area contributed by atoms with Crippen molar-refractivity contribution < 1.29 is 29.2 Å². The number of amides is 1. The summed E-state index contributed by atoms with van der Waals surface area (Å²) < 4.78 is 17.4. The summed E-state index contributed by atoms with van der Waals surface area (Å²) >= 11 is 0. The van der Waals surface area contributed by atoms with Gasteiger partial charge >= 0.3 is 6.09 Å². The largest absolute Gasteiger partial charge is 0.490 e. The summed E-state index contributed by atoms with van der Waals surface area (Å²) in [5.74, 6) is 0.971. The minimum atomic E-state index is -0.916. The minimum Gasteiger partial charge on any atom is -0.490 e. The molecule has 2 unspecified atom stereocenters. The van der Waals surface area contributed by atoms with Crippen molar-refractivity contribution in [3.63, 3.8) is 0 Å². The van der Waals surface area contributed by atoms with E-state index in [1.165, 1.54) is 4.90 Å². The number of aliphatic hydroxyl groups excluding tert-OH is 1. The van der Waals surface area contributed by atoms with Crippen LogP contribution in [0.1, 0.15) is 35.4 Å². The van der Waals surface area contributed by atoms with E-state index in [0.29, 0.717) is 32.7 Å². The minimum absolute atomic E-state index is 0.00218. The number of rotatable bonds is 9. The van der Waals surface area contributed by atoms with Crippen LogP contribution >= 0.6 is 0 Å². The van der Waals surface area contributed by atoms with Crippen LogP contribution in [0.2, 0.25) is 0 Å². The van der Waals surface area contributed by atoms with E-state index in [1.807, 2.05) is 36.4 Å². The van der Waals surface area contributed by atoms with Gasteiger partial charge < -0.3 is 34.2 Å². The van der Waals surface area contributed by atoms with Crippen LogP contribution in [0.3, 0.4) is 0 Å². The summed E-state index contributed by atoms with van der Waals surface area (Å²) in [5, 5.41) is 18.9. The van der Waals surface area contributed by atoms with Crippen molar-refractivity contribution in [3.8, 4) is 5.75 Å². The van der Waals surface area contributed by atoms with Gasteiger partial charge in [-0.3, -0.25) is 0 Å². The Kier molecular flexibility index (Phi) is 8.26. The van der Waals surface area contributed by atoms with Crippen molar-refractivity contribution in [2.45, 2.75) is 38.1 Å². The fourth-order valence-electron chi connectivity index (χ4n) is 4.75. The number of likely N-dealkylation sites (tertiary alicyclic amines) is 1. The first-order valence-corrected chi connectivity index (χ1v) is 11.9. The molecule has 2 aliphatic heterocycles. The Labute approximate surface area is 200 Å². The first-order valence-electron chi connectivity index (χ1n) is 11.9. The van der Waals surface area contributed by atoms with E-state index in [0.717, 1.165) is 54.2 Å². The molecule has 34 heavy (non-hydrogen) atoms. The Morgan fingerprint density at radius 3 is 2.68 bits per heavy atom. The maximum Gasteiger partial charge on any atom is 0.407 e. The molecule has 0 spiro atoms. The number of ether oxygens (including phenoxy) is 3. The molecule has 2 N–H and O–H groups in total. The van der Waals surface area contributed by atoms with Gasteiger partial charge in [0.2, 0.25) is 0 Å². The molecule has 8 heteroatoms. The number of hydrogen-bond acceptors (Lipinski definition) is 6. The fraction of sp³-hybridized carbons (Fsp3) is 0.500. The number of carboxylic acid groups (broad SMARTS) is 1. The van der Waals surface area contributed by atoms with E-state index >= 15 is 0 Å². The highest BCUT2D eigenvalue weighted by atomic mass is 16.5. The summed E-state index contributed by atoms with van der Waals surface area (Å²) in [6.07, 6.45) is 0.469. The third kappa shape index (κ3) is 5.81. The third-order valence-electron chi connectivity index (χ3n) is 6.64. The second-order valence-corrected chi connectivity index (χ2v) is 8.86. The van der Waals surface area contributed by atoms with E-state index in [-0.39, 0.29) is 18.6 Å². The smallest absolute Gasteiger partial charge is 0.407 e. The SMILES string of the molecule is COCCCN1CCOc2ccc(COC3CN(C(=O)O)CCC3c3ccc(CO)cc3)cc21. The van der Waals surface area contributed by atoms with Gasteiger partial charge in [-0.15, -0.1) is 0 Å². The molecular formula is C26H34N2O6. The predicted molar refractivity (Wildman–Crippen MR) is 129 cm³/mol. The molecule has 2 aliphatic rings. The van der Waals surface area contributed by atoms with Gasteiger partial charge in [0, 0.05) is 32.7 Å². The number of hydrogen-bond donors (Lipinski definition) is 2. The topological polar surface area (TPSA) is 91.7 Å². The molecular weight excluding hydrogens is 436 g/mol. The number of fused-ring (bicyclic) bond motifs is 1. The quantitative estimate of drug-likeness (QED) is 0.542. The summed E-state index contributed by atoms with van der Waals surface area (Å²) in [7, 11) is 1.72. The molecule has 2 heterocycles. The molecule has 0 saturated carbocycles. The molecule has 8 nitrogen and oxygen atoms in total. The molecule has 0 bridgehead atoms. The molecule has 2 aromatic carbocycles. The lowest BCUT2D eigenvalue weighted by Gasteiger charge is -2.37. The highest BCUT2D eigenvalue weighted by Gasteiger charge is 2.33. The Morgan fingerprint density at radius 2 is 1.94 bits per heavy atom. The van der Waals surface area contributed by atoms with E-state index < -0.39 is 6.09 Å². The van der Waals surface area contributed by atoms with E-state index in [9.17, 15) is 15.0 Å². The molecule has 1 amide bonds. The lowest BCUT2D eigenvalue weighted by molar-refractivity contribution is -0.0199. The number of anilines is 1. The zero-order valence-electron chi connectivity index (χ0n) is 19.7. The summed E-state index contributed by atoms with van der Waals surface area (Å²) in [4.78, 5) is 15.4. The first kappa shape index (κ1) is 24.3. The van der Waals surface area contributed by atoms with Crippen LogP contribution in [0, 0.1) is 0 Å². The van der Waals surface area contributed by atoms with Crippen molar-refractivity contribution in [2.24, 2.45) is 0 Å². The second-order valence-electron chi connectivity index (χ2n) is 8.86. The molecule has 0 radical (unpaired) electrons. The molecule has 1 fully saturated rings. The van der Waals surface area contributed by atoms with Crippen LogP contribution in [-0.4, -0.2) is 73.8 Å². The van der Waals surface area contributed by atoms with Crippen molar-refractivity contribution in [1.82, 2.24) is 4.90 Å². The van der Waals surface area contributed by atoms with E-state index in [4.69, 9.17) is 14.2 Å². The lowest BCUT2D eigenvalue weighted by atomic mass is 9.86. The zero-order chi connectivity index (χ0) is 23.9. The van der Waals surface area contributed by atoms with Gasteiger partial charge in [-0.1, -0.05) is 30.3 Å². The predicted octanol–water partition coefficient (Wildman–Crippen LogP) is 3.47. The van der Waals surface area contributed by atoms with Gasteiger partial charge in [-0.05, 0) is 41.7 Å². The van der Waals surface area contributed by atoms with Crippen molar-refractivity contribution in [1.29, 1.82) is 0 Å². The van der Waals surface area contributed by atoms with Crippen LogP contribution in [-0.2, 0) is 22.7 Å². The maximum atomic E-state index is 11.6. The number of piperidine rings is 1. The lowest BCUT2D eigenvalue weighted by Crippen LogP contribution is -2.46. The summed E-state index contributed by atoms with van der Waals surface area (Å²) in [5.41, 5.74) is 4.06. The van der Waals surface area contributed by atoms with Gasteiger partial charge in [0.15, 0.2) is 0 Å². The van der Waals surface area contributed by atoms with Gasteiger partial charge in [-0.25, -0.2) is 4.79 Å². The van der Waals surface area contributed by atoms with Crippen LogP contribution in [0.25, 0.3) is 0 Å². The van der Waals surface area contributed by atoms with E-state index in [2.05, 4.69) is 11.0 Å².